The maximum absolute atomic E-state index is 10.6. The molecular formula is C11H16N2O3. The summed E-state index contributed by atoms with van der Waals surface area (Å²) in [5.41, 5.74) is 10.3. The Hall–Kier alpha value is -1.59. The van der Waals surface area contributed by atoms with Gasteiger partial charge in [0.15, 0.2) is 0 Å². The Morgan fingerprint density at radius 3 is 2.56 bits per heavy atom. The first kappa shape index (κ1) is 12.5. The molecule has 5 nitrogen and oxygen atoms in total. The van der Waals surface area contributed by atoms with Crippen molar-refractivity contribution in [2.75, 3.05) is 19.8 Å². The van der Waals surface area contributed by atoms with Gasteiger partial charge in [-0.3, -0.25) is 4.79 Å². The minimum Gasteiger partial charge on any atom is -0.491 e. The standard InChI is InChI=1S/C11H16N2O3/c12-10(11(13)14)8-15-6-7-16-9-4-2-1-3-5-9/h1-5,10H,6-8,12H2,(H2,13,14). The predicted molar refractivity (Wildman–Crippen MR) is 59.9 cm³/mol. The van der Waals surface area contributed by atoms with E-state index in [1.54, 1.807) is 0 Å². The second kappa shape index (κ2) is 6.81. The van der Waals surface area contributed by atoms with Gasteiger partial charge >= 0.3 is 0 Å². The molecule has 4 N–H and O–H groups in total. The molecule has 5 heteroatoms. The van der Waals surface area contributed by atoms with Crippen molar-refractivity contribution in [2.24, 2.45) is 11.5 Å². The van der Waals surface area contributed by atoms with Gasteiger partial charge < -0.3 is 20.9 Å². The third kappa shape index (κ3) is 4.77. The van der Waals surface area contributed by atoms with Gasteiger partial charge in [0, 0.05) is 0 Å². The monoisotopic (exact) mass is 224 g/mol. The van der Waals surface area contributed by atoms with E-state index in [2.05, 4.69) is 0 Å². The molecule has 1 rings (SSSR count). The lowest BCUT2D eigenvalue weighted by molar-refractivity contribution is -0.120. The number of amides is 1. The van der Waals surface area contributed by atoms with Crippen molar-refractivity contribution >= 4 is 5.91 Å². The molecule has 1 aromatic rings. The van der Waals surface area contributed by atoms with Crippen LogP contribution in [0.2, 0.25) is 0 Å². The number of hydrogen-bond acceptors (Lipinski definition) is 4. The highest BCUT2D eigenvalue weighted by molar-refractivity contribution is 5.79. The highest BCUT2D eigenvalue weighted by atomic mass is 16.5. The molecule has 0 heterocycles. The predicted octanol–water partition coefficient (Wildman–Crippen LogP) is -0.105. The van der Waals surface area contributed by atoms with Crippen LogP contribution in [0.4, 0.5) is 0 Å². The number of benzene rings is 1. The van der Waals surface area contributed by atoms with Crippen LogP contribution in [-0.4, -0.2) is 31.8 Å². The van der Waals surface area contributed by atoms with E-state index in [4.69, 9.17) is 20.9 Å². The Morgan fingerprint density at radius 1 is 1.25 bits per heavy atom. The smallest absolute Gasteiger partial charge is 0.236 e. The molecule has 0 aliphatic heterocycles. The molecule has 1 aromatic carbocycles. The van der Waals surface area contributed by atoms with Gasteiger partial charge in [-0.15, -0.1) is 0 Å². The number of hydrogen-bond donors (Lipinski definition) is 2. The third-order valence-electron chi connectivity index (χ3n) is 1.90. The zero-order valence-corrected chi connectivity index (χ0v) is 8.96. The maximum Gasteiger partial charge on any atom is 0.236 e. The van der Waals surface area contributed by atoms with Crippen LogP contribution in [0.5, 0.6) is 5.75 Å². The van der Waals surface area contributed by atoms with Crippen molar-refractivity contribution in [1.82, 2.24) is 0 Å². The van der Waals surface area contributed by atoms with Crippen molar-refractivity contribution in [3.8, 4) is 5.75 Å². The molecule has 88 valence electrons. The van der Waals surface area contributed by atoms with E-state index < -0.39 is 11.9 Å². The number of primary amides is 1. The van der Waals surface area contributed by atoms with Gasteiger partial charge in [-0.2, -0.15) is 0 Å². The molecule has 1 atom stereocenters. The van der Waals surface area contributed by atoms with Gasteiger partial charge in [0.05, 0.1) is 13.2 Å². The summed E-state index contributed by atoms with van der Waals surface area (Å²) in [4.78, 5) is 10.6. The number of rotatable bonds is 7. The Kier molecular flexibility index (Phi) is 5.31. The highest BCUT2D eigenvalue weighted by Crippen LogP contribution is 2.07. The zero-order valence-electron chi connectivity index (χ0n) is 8.96. The summed E-state index contributed by atoms with van der Waals surface area (Å²) >= 11 is 0. The molecule has 1 amide bonds. The molecule has 0 saturated heterocycles. The fourth-order valence-electron chi connectivity index (χ4n) is 1.03. The molecule has 0 radical (unpaired) electrons. The van der Waals surface area contributed by atoms with Gasteiger partial charge in [-0.05, 0) is 12.1 Å². The van der Waals surface area contributed by atoms with E-state index in [-0.39, 0.29) is 6.61 Å². The summed E-state index contributed by atoms with van der Waals surface area (Å²) in [6.07, 6.45) is 0. The normalized spacial score (nSPS) is 12.1. The van der Waals surface area contributed by atoms with Crippen LogP contribution >= 0.6 is 0 Å². The van der Waals surface area contributed by atoms with Crippen molar-refractivity contribution in [3.63, 3.8) is 0 Å². The van der Waals surface area contributed by atoms with Crippen LogP contribution in [0.3, 0.4) is 0 Å². The minimum absolute atomic E-state index is 0.119. The van der Waals surface area contributed by atoms with Crippen LogP contribution in [0.15, 0.2) is 30.3 Å². The summed E-state index contributed by atoms with van der Waals surface area (Å²) in [7, 11) is 0. The van der Waals surface area contributed by atoms with Gasteiger partial charge in [0.1, 0.15) is 18.4 Å². The lowest BCUT2D eigenvalue weighted by Gasteiger charge is -2.09. The third-order valence-corrected chi connectivity index (χ3v) is 1.90. The Bertz CT molecular complexity index is 316. The van der Waals surface area contributed by atoms with Crippen LogP contribution in [-0.2, 0) is 9.53 Å². The SMILES string of the molecule is NC(=O)C(N)COCCOc1ccccc1. The van der Waals surface area contributed by atoms with E-state index in [9.17, 15) is 4.79 Å². The molecule has 0 aliphatic carbocycles. The molecule has 0 saturated carbocycles. The number of ether oxygens (including phenoxy) is 2. The molecule has 1 unspecified atom stereocenters. The summed E-state index contributed by atoms with van der Waals surface area (Å²) in [5.74, 6) is 0.217. The molecule has 0 spiro atoms. The Balaban J connectivity index is 2.07. The lowest BCUT2D eigenvalue weighted by Crippen LogP contribution is -2.40. The quantitative estimate of drug-likeness (QED) is 0.633. The van der Waals surface area contributed by atoms with Crippen molar-refractivity contribution in [3.05, 3.63) is 30.3 Å². The fourth-order valence-corrected chi connectivity index (χ4v) is 1.03. The van der Waals surface area contributed by atoms with Crippen LogP contribution in [0.25, 0.3) is 0 Å². The summed E-state index contributed by atoms with van der Waals surface area (Å²) in [6, 6.07) is 8.65. The van der Waals surface area contributed by atoms with Crippen LogP contribution < -0.4 is 16.2 Å². The molecular weight excluding hydrogens is 208 g/mol. The van der Waals surface area contributed by atoms with Gasteiger partial charge in [-0.25, -0.2) is 0 Å². The Morgan fingerprint density at radius 2 is 1.94 bits per heavy atom. The molecule has 0 aromatic heterocycles. The molecule has 0 fully saturated rings. The van der Waals surface area contributed by atoms with Crippen LogP contribution in [0, 0.1) is 0 Å². The lowest BCUT2D eigenvalue weighted by atomic mass is 10.3. The summed E-state index contributed by atoms with van der Waals surface area (Å²) in [5, 5.41) is 0. The van der Waals surface area contributed by atoms with E-state index >= 15 is 0 Å². The molecule has 16 heavy (non-hydrogen) atoms. The first-order valence-corrected chi connectivity index (χ1v) is 5.00. The van der Waals surface area contributed by atoms with E-state index in [1.807, 2.05) is 30.3 Å². The average molecular weight is 224 g/mol. The Labute approximate surface area is 94.3 Å². The first-order chi connectivity index (χ1) is 7.70. The zero-order chi connectivity index (χ0) is 11.8. The first-order valence-electron chi connectivity index (χ1n) is 5.00. The van der Waals surface area contributed by atoms with E-state index in [0.717, 1.165) is 5.75 Å². The highest BCUT2D eigenvalue weighted by Gasteiger charge is 2.08. The number of carbonyl (C=O) groups is 1. The van der Waals surface area contributed by atoms with E-state index in [0.29, 0.717) is 13.2 Å². The van der Waals surface area contributed by atoms with Gasteiger partial charge in [0.25, 0.3) is 0 Å². The largest absolute Gasteiger partial charge is 0.491 e. The van der Waals surface area contributed by atoms with Crippen LogP contribution in [0.1, 0.15) is 0 Å². The summed E-state index contributed by atoms with van der Waals surface area (Å²) in [6.45, 7) is 0.902. The minimum atomic E-state index is -0.753. The fraction of sp³-hybridized carbons (Fsp3) is 0.364. The second-order valence-electron chi connectivity index (χ2n) is 3.25. The van der Waals surface area contributed by atoms with Crippen molar-refractivity contribution in [1.29, 1.82) is 0 Å². The van der Waals surface area contributed by atoms with Crippen molar-refractivity contribution < 1.29 is 14.3 Å². The summed E-state index contributed by atoms with van der Waals surface area (Å²) < 4.78 is 10.5. The molecule has 0 bridgehead atoms. The number of nitrogens with two attached hydrogens (primary N) is 2. The van der Waals surface area contributed by atoms with E-state index in [1.165, 1.54) is 0 Å². The number of para-hydroxylation sites is 1. The number of carbonyl (C=O) groups excluding carboxylic acids is 1. The van der Waals surface area contributed by atoms with Gasteiger partial charge in [0.2, 0.25) is 5.91 Å². The van der Waals surface area contributed by atoms with Crippen molar-refractivity contribution in [2.45, 2.75) is 6.04 Å². The topological polar surface area (TPSA) is 87.6 Å². The van der Waals surface area contributed by atoms with Gasteiger partial charge in [-0.1, -0.05) is 18.2 Å². The average Bonchev–Trinajstić information content (AvgIpc) is 2.29. The molecule has 0 aliphatic rings. The maximum atomic E-state index is 10.6. The second-order valence-corrected chi connectivity index (χ2v) is 3.25.